The molecule has 1 amide bonds. The molecule has 1 aliphatic heterocycles. The number of carbonyl (C=O) groups is 2. The summed E-state index contributed by atoms with van der Waals surface area (Å²) in [7, 11) is 1.21. The summed E-state index contributed by atoms with van der Waals surface area (Å²) in [5, 5.41) is 9.61. The molecule has 0 aliphatic carbocycles. The van der Waals surface area contributed by atoms with Gasteiger partial charge in [0, 0.05) is 12.2 Å². The lowest BCUT2D eigenvalue weighted by atomic mass is 10.2. The Hall–Kier alpha value is -2.37. The van der Waals surface area contributed by atoms with Gasteiger partial charge in [-0.1, -0.05) is 0 Å². The van der Waals surface area contributed by atoms with E-state index in [-0.39, 0.29) is 11.5 Å². The SMILES string of the molecule is COC(=O)C(C#N)=C1SCCC(=O)N1c1ccc2scnc2c1. The number of ether oxygens (including phenoxy) is 1. The van der Waals surface area contributed by atoms with E-state index >= 15 is 0 Å². The highest BCUT2D eigenvalue weighted by Crippen LogP contribution is 2.36. The van der Waals surface area contributed by atoms with Gasteiger partial charge in [-0.15, -0.1) is 23.1 Å². The van der Waals surface area contributed by atoms with Gasteiger partial charge in [-0.05, 0) is 18.2 Å². The standard InChI is InChI=1S/C15H11N3O3S2/c1-21-15(20)10(7-16)14-18(13(19)4-5-22-14)9-2-3-12-11(6-9)17-8-23-12/h2-3,6,8H,4-5H2,1H3. The first kappa shape index (κ1) is 15.5. The molecule has 0 N–H and O–H groups in total. The minimum absolute atomic E-state index is 0.162. The number of rotatable bonds is 2. The Morgan fingerprint density at radius 1 is 1.48 bits per heavy atom. The molecule has 23 heavy (non-hydrogen) atoms. The van der Waals surface area contributed by atoms with Gasteiger partial charge in [0.1, 0.15) is 11.1 Å². The first-order valence-corrected chi connectivity index (χ1v) is 8.54. The van der Waals surface area contributed by atoms with E-state index in [1.165, 1.54) is 35.1 Å². The van der Waals surface area contributed by atoms with Crippen LogP contribution in [-0.4, -0.2) is 29.7 Å². The van der Waals surface area contributed by atoms with E-state index in [0.29, 0.717) is 22.9 Å². The van der Waals surface area contributed by atoms with Crippen LogP contribution in [0.3, 0.4) is 0 Å². The molecule has 1 aliphatic rings. The van der Waals surface area contributed by atoms with Gasteiger partial charge in [-0.2, -0.15) is 5.26 Å². The summed E-state index contributed by atoms with van der Waals surface area (Å²) in [5.41, 5.74) is 2.93. The third-order valence-electron chi connectivity index (χ3n) is 3.29. The molecule has 8 heteroatoms. The van der Waals surface area contributed by atoms with Crippen LogP contribution < -0.4 is 4.90 Å². The summed E-state index contributed by atoms with van der Waals surface area (Å²) in [5.74, 6) is -0.388. The molecule has 0 spiro atoms. The number of esters is 1. The van der Waals surface area contributed by atoms with Crippen molar-refractivity contribution in [2.24, 2.45) is 0 Å². The molecule has 3 rings (SSSR count). The van der Waals surface area contributed by atoms with Gasteiger partial charge in [0.15, 0.2) is 5.57 Å². The number of benzene rings is 1. The number of nitrogens with zero attached hydrogens (tertiary/aromatic N) is 3. The fourth-order valence-corrected chi connectivity index (χ4v) is 3.98. The smallest absolute Gasteiger partial charge is 0.351 e. The van der Waals surface area contributed by atoms with Gasteiger partial charge in [0.25, 0.3) is 0 Å². The molecule has 0 unspecified atom stereocenters. The molecule has 2 heterocycles. The number of carbonyl (C=O) groups excluding carboxylic acids is 2. The Kier molecular flexibility index (Phi) is 4.32. The van der Waals surface area contributed by atoms with E-state index in [1.54, 1.807) is 17.6 Å². The second-order valence-electron chi connectivity index (χ2n) is 4.62. The largest absolute Gasteiger partial charge is 0.465 e. The maximum atomic E-state index is 12.4. The summed E-state index contributed by atoms with van der Waals surface area (Å²) >= 11 is 2.80. The van der Waals surface area contributed by atoms with Crippen molar-refractivity contribution in [3.8, 4) is 6.07 Å². The average Bonchev–Trinajstić information content (AvgIpc) is 3.03. The van der Waals surface area contributed by atoms with Gasteiger partial charge in [-0.3, -0.25) is 9.69 Å². The van der Waals surface area contributed by atoms with Crippen molar-refractivity contribution in [1.82, 2.24) is 4.98 Å². The van der Waals surface area contributed by atoms with Crippen LogP contribution in [-0.2, 0) is 14.3 Å². The van der Waals surface area contributed by atoms with Crippen molar-refractivity contribution >= 4 is 50.9 Å². The molecular weight excluding hydrogens is 334 g/mol. The summed E-state index contributed by atoms with van der Waals surface area (Å²) in [6.07, 6.45) is 0.336. The third kappa shape index (κ3) is 2.81. The second-order valence-corrected chi connectivity index (χ2v) is 6.59. The fraction of sp³-hybridized carbons (Fsp3) is 0.200. The topological polar surface area (TPSA) is 83.3 Å². The zero-order chi connectivity index (χ0) is 16.4. The summed E-state index contributed by atoms with van der Waals surface area (Å²) in [6, 6.07) is 7.29. The number of aromatic nitrogens is 1. The predicted octanol–water partition coefficient (Wildman–Crippen LogP) is 2.67. The van der Waals surface area contributed by atoms with Crippen LogP contribution in [0.2, 0.25) is 0 Å². The molecule has 116 valence electrons. The van der Waals surface area contributed by atoms with Gasteiger partial charge in [-0.25, -0.2) is 9.78 Å². The van der Waals surface area contributed by atoms with E-state index in [0.717, 1.165) is 10.2 Å². The Labute approximate surface area is 140 Å². The first-order chi connectivity index (χ1) is 11.2. The molecule has 1 aromatic heterocycles. The molecule has 1 aromatic carbocycles. The Morgan fingerprint density at radius 3 is 3.04 bits per heavy atom. The second kappa shape index (κ2) is 6.40. The third-order valence-corrected chi connectivity index (χ3v) is 5.17. The van der Waals surface area contributed by atoms with Crippen LogP contribution in [0.25, 0.3) is 10.2 Å². The van der Waals surface area contributed by atoms with Crippen molar-refractivity contribution in [1.29, 1.82) is 5.26 Å². The lowest BCUT2D eigenvalue weighted by Gasteiger charge is -2.29. The molecule has 1 saturated heterocycles. The van der Waals surface area contributed by atoms with Crippen LogP contribution in [0.1, 0.15) is 6.42 Å². The number of methoxy groups -OCH3 is 1. The van der Waals surface area contributed by atoms with E-state index in [2.05, 4.69) is 9.72 Å². The van der Waals surface area contributed by atoms with E-state index in [1.807, 2.05) is 12.1 Å². The van der Waals surface area contributed by atoms with Crippen molar-refractivity contribution in [2.75, 3.05) is 17.8 Å². The number of amides is 1. The average molecular weight is 345 g/mol. The summed E-state index contributed by atoms with van der Waals surface area (Å²) in [4.78, 5) is 29.9. The molecule has 2 aromatic rings. The normalized spacial score (nSPS) is 17.0. The number of hydrogen-bond donors (Lipinski definition) is 0. The van der Waals surface area contributed by atoms with Gasteiger partial charge in [0.05, 0.1) is 28.5 Å². The minimum Gasteiger partial charge on any atom is -0.465 e. The Morgan fingerprint density at radius 2 is 2.30 bits per heavy atom. The lowest BCUT2D eigenvalue weighted by molar-refractivity contribution is -0.135. The number of fused-ring (bicyclic) bond motifs is 1. The Bertz CT molecular complexity index is 866. The zero-order valence-electron chi connectivity index (χ0n) is 12.1. The highest BCUT2D eigenvalue weighted by molar-refractivity contribution is 8.03. The lowest BCUT2D eigenvalue weighted by Crippen LogP contribution is -2.34. The fourth-order valence-electron chi connectivity index (χ4n) is 2.24. The molecule has 0 radical (unpaired) electrons. The highest BCUT2D eigenvalue weighted by Gasteiger charge is 2.31. The monoisotopic (exact) mass is 345 g/mol. The van der Waals surface area contributed by atoms with Gasteiger partial charge >= 0.3 is 5.97 Å². The maximum Gasteiger partial charge on any atom is 0.351 e. The quantitative estimate of drug-likeness (QED) is 0.473. The van der Waals surface area contributed by atoms with E-state index in [9.17, 15) is 14.9 Å². The molecule has 0 saturated carbocycles. The predicted molar refractivity (Wildman–Crippen MR) is 88.8 cm³/mol. The van der Waals surface area contributed by atoms with Crippen molar-refractivity contribution < 1.29 is 14.3 Å². The molecule has 0 bridgehead atoms. The maximum absolute atomic E-state index is 12.4. The van der Waals surface area contributed by atoms with Gasteiger partial charge in [0.2, 0.25) is 5.91 Å². The van der Waals surface area contributed by atoms with Crippen LogP contribution in [0.5, 0.6) is 0 Å². The van der Waals surface area contributed by atoms with Crippen molar-refractivity contribution in [3.63, 3.8) is 0 Å². The van der Waals surface area contributed by atoms with Crippen LogP contribution in [0.15, 0.2) is 34.3 Å². The van der Waals surface area contributed by atoms with Gasteiger partial charge < -0.3 is 4.74 Å². The van der Waals surface area contributed by atoms with Crippen LogP contribution in [0.4, 0.5) is 5.69 Å². The molecule has 0 atom stereocenters. The van der Waals surface area contributed by atoms with Crippen LogP contribution >= 0.6 is 23.1 Å². The number of anilines is 1. The minimum atomic E-state index is -0.746. The molecular formula is C15H11N3O3S2. The zero-order valence-corrected chi connectivity index (χ0v) is 13.7. The van der Waals surface area contributed by atoms with Crippen molar-refractivity contribution in [3.05, 3.63) is 34.3 Å². The first-order valence-electron chi connectivity index (χ1n) is 6.67. The highest BCUT2D eigenvalue weighted by atomic mass is 32.2. The van der Waals surface area contributed by atoms with E-state index < -0.39 is 5.97 Å². The Balaban J connectivity index is 2.15. The number of nitriles is 1. The number of thiazole rings is 1. The summed E-state index contributed by atoms with van der Waals surface area (Å²) in [6.45, 7) is 0. The van der Waals surface area contributed by atoms with E-state index in [4.69, 9.17) is 0 Å². The number of hydrogen-bond acceptors (Lipinski definition) is 7. The number of thioether (sulfide) groups is 1. The van der Waals surface area contributed by atoms with Crippen LogP contribution in [0, 0.1) is 11.3 Å². The molecule has 6 nitrogen and oxygen atoms in total. The molecule has 1 fully saturated rings. The van der Waals surface area contributed by atoms with Crippen molar-refractivity contribution in [2.45, 2.75) is 6.42 Å². The summed E-state index contributed by atoms with van der Waals surface area (Å²) < 4.78 is 5.66.